The van der Waals surface area contributed by atoms with Crippen molar-refractivity contribution < 1.29 is 28.2 Å². The van der Waals surface area contributed by atoms with E-state index in [9.17, 15) is 4.79 Å². The van der Waals surface area contributed by atoms with E-state index in [2.05, 4.69) is 0 Å². The third-order valence-electron chi connectivity index (χ3n) is 4.19. The molecule has 0 fully saturated rings. The van der Waals surface area contributed by atoms with E-state index in [0.29, 0.717) is 40.1 Å². The van der Waals surface area contributed by atoms with Crippen LogP contribution in [0, 0.1) is 0 Å². The van der Waals surface area contributed by atoms with E-state index in [1.165, 1.54) is 13.2 Å². The van der Waals surface area contributed by atoms with Gasteiger partial charge in [0.15, 0.2) is 17.3 Å². The van der Waals surface area contributed by atoms with E-state index in [4.69, 9.17) is 23.4 Å². The summed E-state index contributed by atoms with van der Waals surface area (Å²) >= 11 is 0. The number of allylic oxidation sites excluding steroid dienone is 1. The Morgan fingerprint density at radius 2 is 1.66 bits per heavy atom. The van der Waals surface area contributed by atoms with E-state index in [0.717, 1.165) is 0 Å². The molecule has 3 aromatic rings. The van der Waals surface area contributed by atoms with Gasteiger partial charge in [-0.15, -0.1) is 0 Å². The highest BCUT2D eigenvalue weighted by Gasteiger charge is 2.12. The molecule has 0 bridgehead atoms. The van der Waals surface area contributed by atoms with Gasteiger partial charge in [-0.3, -0.25) is 4.79 Å². The normalized spacial score (nSPS) is 10.7. The summed E-state index contributed by atoms with van der Waals surface area (Å²) in [4.78, 5) is 12.6. The molecule has 0 aliphatic carbocycles. The van der Waals surface area contributed by atoms with E-state index >= 15 is 0 Å². The Labute approximate surface area is 169 Å². The molecule has 6 nitrogen and oxygen atoms in total. The number of hydrogen-bond donors (Lipinski definition) is 0. The molecule has 0 radical (unpaired) electrons. The maximum atomic E-state index is 12.6. The number of ether oxygens (including phenoxy) is 4. The molecule has 0 amide bonds. The van der Waals surface area contributed by atoms with Crippen molar-refractivity contribution in [2.24, 2.45) is 0 Å². The number of carbonyl (C=O) groups is 1. The number of benzene rings is 2. The molecule has 1 aromatic heterocycles. The highest BCUT2D eigenvalue weighted by Crippen LogP contribution is 2.27. The molecule has 150 valence electrons. The lowest BCUT2D eigenvalue weighted by atomic mass is 10.1. The van der Waals surface area contributed by atoms with Crippen LogP contribution in [0.4, 0.5) is 0 Å². The largest absolute Gasteiger partial charge is 0.497 e. The smallest absolute Gasteiger partial charge is 0.189 e. The summed E-state index contributed by atoms with van der Waals surface area (Å²) < 4.78 is 27.1. The summed E-state index contributed by atoms with van der Waals surface area (Å²) in [6.45, 7) is 0.242. The number of carbonyl (C=O) groups excluding carboxylic acids is 1. The Morgan fingerprint density at radius 1 is 0.897 bits per heavy atom. The first-order chi connectivity index (χ1) is 14.1. The minimum absolute atomic E-state index is 0.219. The van der Waals surface area contributed by atoms with E-state index in [1.807, 2.05) is 24.3 Å². The average Bonchev–Trinajstić information content (AvgIpc) is 3.23. The molecule has 2 aromatic carbocycles. The average molecular weight is 394 g/mol. The third kappa shape index (κ3) is 4.99. The summed E-state index contributed by atoms with van der Waals surface area (Å²) in [5.41, 5.74) is 0.411. The molecule has 3 rings (SSSR count). The van der Waals surface area contributed by atoms with Gasteiger partial charge in [0.1, 0.15) is 29.6 Å². The number of para-hydroxylation sites is 2. The first-order valence-electron chi connectivity index (χ1n) is 8.93. The number of ketones is 1. The number of hydrogen-bond acceptors (Lipinski definition) is 6. The lowest BCUT2D eigenvalue weighted by Gasteiger charge is -2.08. The molecule has 0 saturated heterocycles. The summed E-state index contributed by atoms with van der Waals surface area (Å²) in [6.07, 6.45) is 3.04. The first-order valence-corrected chi connectivity index (χ1v) is 8.93. The highest BCUT2D eigenvalue weighted by molar-refractivity contribution is 6.08. The molecule has 0 saturated carbocycles. The van der Waals surface area contributed by atoms with Crippen LogP contribution in [-0.4, -0.2) is 27.1 Å². The zero-order chi connectivity index (χ0) is 20.6. The predicted molar refractivity (Wildman–Crippen MR) is 109 cm³/mol. The summed E-state index contributed by atoms with van der Waals surface area (Å²) in [7, 11) is 4.65. The Bertz CT molecular complexity index is 1000. The second kappa shape index (κ2) is 9.50. The minimum atomic E-state index is -0.219. The molecule has 0 atom stereocenters. The SMILES string of the molecule is COc1ccc(OC)c(C(=O)/C=C/c2ccc(COc3ccccc3OC)o2)c1. The van der Waals surface area contributed by atoms with E-state index in [-0.39, 0.29) is 12.4 Å². The summed E-state index contributed by atoms with van der Waals surface area (Å²) in [5.74, 6) is 3.28. The van der Waals surface area contributed by atoms with Crippen molar-refractivity contribution in [2.75, 3.05) is 21.3 Å². The molecule has 29 heavy (non-hydrogen) atoms. The van der Waals surface area contributed by atoms with Crippen LogP contribution in [-0.2, 0) is 6.61 Å². The Balaban J connectivity index is 1.67. The summed E-state index contributed by atoms with van der Waals surface area (Å²) in [5, 5.41) is 0. The van der Waals surface area contributed by atoms with Crippen LogP contribution >= 0.6 is 0 Å². The zero-order valence-electron chi connectivity index (χ0n) is 16.5. The minimum Gasteiger partial charge on any atom is -0.497 e. The van der Waals surface area contributed by atoms with Gasteiger partial charge >= 0.3 is 0 Å². The quantitative estimate of drug-likeness (QED) is 0.384. The second-order valence-corrected chi connectivity index (χ2v) is 6.01. The van der Waals surface area contributed by atoms with Gasteiger partial charge in [-0.2, -0.15) is 0 Å². The molecule has 1 heterocycles. The Kier molecular flexibility index (Phi) is 6.58. The number of methoxy groups -OCH3 is 3. The van der Waals surface area contributed by atoms with Crippen molar-refractivity contribution in [3.63, 3.8) is 0 Å². The van der Waals surface area contributed by atoms with E-state index in [1.54, 1.807) is 50.6 Å². The molecule has 0 aliphatic rings. The predicted octanol–water partition coefficient (Wildman–Crippen LogP) is 4.78. The number of rotatable bonds is 9. The van der Waals surface area contributed by atoms with Crippen molar-refractivity contribution in [3.8, 4) is 23.0 Å². The van der Waals surface area contributed by atoms with Crippen LogP contribution in [0.5, 0.6) is 23.0 Å². The van der Waals surface area contributed by atoms with Crippen molar-refractivity contribution in [3.05, 3.63) is 77.8 Å². The molecular formula is C23H22O6. The van der Waals surface area contributed by atoms with Gasteiger partial charge < -0.3 is 23.4 Å². The monoisotopic (exact) mass is 394 g/mol. The van der Waals surface area contributed by atoms with Crippen LogP contribution in [0.25, 0.3) is 6.08 Å². The number of furan rings is 1. The van der Waals surface area contributed by atoms with Gasteiger partial charge in [0.2, 0.25) is 0 Å². The fraction of sp³-hybridized carbons (Fsp3) is 0.174. The molecule has 0 N–H and O–H groups in total. The molecule has 0 unspecified atom stereocenters. The van der Waals surface area contributed by atoms with Gasteiger partial charge in [0.25, 0.3) is 0 Å². The summed E-state index contributed by atoms with van der Waals surface area (Å²) in [6, 6.07) is 16.0. The van der Waals surface area contributed by atoms with Crippen LogP contribution in [0.3, 0.4) is 0 Å². The van der Waals surface area contributed by atoms with Gasteiger partial charge in [-0.1, -0.05) is 12.1 Å². The maximum Gasteiger partial charge on any atom is 0.189 e. The first kappa shape index (κ1) is 20.1. The van der Waals surface area contributed by atoms with Crippen molar-refractivity contribution >= 4 is 11.9 Å². The highest BCUT2D eigenvalue weighted by atomic mass is 16.5. The van der Waals surface area contributed by atoms with Gasteiger partial charge in [-0.05, 0) is 54.6 Å². The van der Waals surface area contributed by atoms with Crippen molar-refractivity contribution in [2.45, 2.75) is 6.61 Å². The van der Waals surface area contributed by atoms with Crippen molar-refractivity contribution in [1.29, 1.82) is 0 Å². The lowest BCUT2D eigenvalue weighted by Crippen LogP contribution is -1.99. The van der Waals surface area contributed by atoms with Crippen LogP contribution in [0.15, 0.2) is 65.1 Å². The van der Waals surface area contributed by atoms with Gasteiger partial charge in [0, 0.05) is 0 Å². The zero-order valence-corrected chi connectivity index (χ0v) is 16.5. The fourth-order valence-corrected chi connectivity index (χ4v) is 2.70. The molecule has 0 spiro atoms. The van der Waals surface area contributed by atoms with Crippen LogP contribution in [0.1, 0.15) is 21.9 Å². The topological polar surface area (TPSA) is 67.1 Å². The molecule has 6 heteroatoms. The maximum absolute atomic E-state index is 12.6. The fourth-order valence-electron chi connectivity index (χ4n) is 2.70. The third-order valence-corrected chi connectivity index (χ3v) is 4.19. The second-order valence-electron chi connectivity index (χ2n) is 6.01. The van der Waals surface area contributed by atoms with Crippen LogP contribution in [0.2, 0.25) is 0 Å². The van der Waals surface area contributed by atoms with Gasteiger partial charge in [-0.25, -0.2) is 0 Å². The standard InChI is InChI=1S/C23H22O6/c1-25-17-11-13-21(26-2)19(14-17)20(24)12-10-16-8-9-18(29-16)15-28-23-7-5-4-6-22(23)27-3/h4-14H,15H2,1-3H3/b12-10+. The lowest BCUT2D eigenvalue weighted by molar-refractivity contribution is 0.104. The Hall–Kier alpha value is -3.67. The van der Waals surface area contributed by atoms with Crippen LogP contribution < -0.4 is 18.9 Å². The molecule has 0 aliphatic heterocycles. The van der Waals surface area contributed by atoms with Gasteiger partial charge in [0.05, 0.1) is 26.9 Å². The van der Waals surface area contributed by atoms with Crippen molar-refractivity contribution in [1.82, 2.24) is 0 Å². The van der Waals surface area contributed by atoms with E-state index < -0.39 is 0 Å². The molecular weight excluding hydrogens is 372 g/mol. The Morgan fingerprint density at radius 3 is 2.38 bits per heavy atom.